The van der Waals surface area contributed by atoms with Crippen molar-refractivity contribution in [3.63, 3.8) is 0 Å². The Morgan fingerprint density at radius 3 is 2.68 bits per heavy atom. The highest BCUT2D eigenvalue weighted by molar-refractivity contribution is 5.93. The third kappa shape index (κ3) is 3.39. The van der Waals surface area contributed by atoms with E-state index in [4.69, 9.17) is 0 Å². The van der Waals surface area contributed by atoms with Crippen LogP contribution in [0.3, 0.4) is 0 Å². The van der Waals surface area contributed by atoms with Gasteiger partial charge in [0.1, 0.15) is 5.69 Å². The van der Waals surface area contributed by atoms with E-state index < -0.39 is 6.10 Å². The summed E-state index contributed by atoms with van der Waals surface area (Å²) < 4.78 is 2.05. The van der Waals surface area contributed by atoms with Gasteiger partial charge in [-0.1, -0.05) is 30.3 Å². The molecule has 0 bridgehead atoms. The Bertz CT molecular complexity index is 632. The van der Waals surface area contributed by atoms with Crippen LogP contribution in [-0.4, -0.2) is 21.6 Å². The van der Waals surface area contributed by atoms with E-state index in [-0.39, 0.29) is 11.9 Å². The molecule has 1 aromatic heterocycles. The highest BCUT2D eigenvalue weighted by Gasteiger charge is 2.27. The Kier molecular flexibility index (Phi) is 4.29. The van der Waals surface area contributed by atoms with E-state index in [0.29, 0.717) is 18.2 Å². The first-order chi connectivity index (χ1) is 10.6. The van der Waals surface area contributed by atoms with Crippen molar-refractivity contribution in [3.8, 4) is 0 Å². The molecule has 1 aliphatic rings. The van der Waals surface area contributed by atoms with E-state index in [1.807, 2.05) is 55.6 Å². The van der Waals surface area contributed by atoms with E-state index in [1.54, 1.807) is 0 Å². The van der Waals surface area contributed by atoms with Gasteiger partial charge in [0, 0.05) is 18.3 Å². The summed E-state index contributed by atoms with van der Waals surface area (Å²) in [4.78, 5) is 12.4. The summed E-state index contributed by atoms with van der Waals surface area (Å²) in [5, 5.41) is 13.2. The summed E-state index contributed by atoms with van der Waals surface area (Å²) in [6.45, 7) is 1.93. The molecule has 1 amide bonds. The molecule has 0 radical (unpaired) electrons. The van der Waals surface area contributed by atoms with Crippen LogP contribution in [0.5, 0.6) is 0 Å². The van der Waals surface area contributed by atoms with Crippen molar-refractivity contribution < 1.29 is 9.90 Å². The molecule has 1 aliphatic carbocycles. The van der Waals surface area contributed by atoms with Crippen LogP contribution in [0, 0.1) is 0 Å². The van der Waals surface area contributed by atoms with E-state index >= 15 is 0 Å². The van der Waals surface area contributed by atoms with Gasteiger partial charge < -0.3 is 15.0 Å². The average molecular weight is 298 g/mol. The lowest BCUT2D eigenvalue weighted by Crippen LogP contribution is -2.34. The minimum atomic E-state index is -0.563. The average Bonchev–Trinajstić information content (AvgIpc) is 3.24. The normalized spacial score (nSPS) is 17.0. The minimum absolute atomic E-state index is 0.0651. The molecule has 2 unspecified atom stereocenters. The van der Waals surface area contributed by atoms with Crippen LogP contribution in [0.4, 0.5) is 0 Å². The van der Waals surface area contributed by atoms with Crippen LogP contribution in [-0.2, 0) is 0 Å². The second-order valence-electron chi connectivity index (χ2n) is 6.07. The highest BCUT2D eigenvalue weighted by Crippen LogP contribution is 2.36. The molecule has 1 fully saturated rings. The quantitative estimate of drug-likeness (QED) is 0.861. The lowest BCUT2D eigenvalue weighted by Gasteiger charge is -2.19. The number of rotatable bonds is 6. The van der Waals surface area contributed by atoms with Crippen LogP contribution in [0.1, 0.15) is 54.4 Å². The molecule has 0 saturated heterocycles. The van der Waals surface area contributed by atoms with Gasteiger partial charge in [0.05, 0.1) is 6.10 Å². The Labute approximate surface area is 130 Å². The molecule has 4 heteroatoms. The molecule has 4 nitrogen and oxygen atoms in total. The molecule has 116 valence electrons. The molecule has 2 N–H and O–H groups in total. The van der Waals surface area contributed by atoms with E-state index in [1.165, 1.54) is 0 Å². The minimum Gasteiger partial charge on any atom is -0.388 e. The van der Waals surface area contributed by atoms with Gasteiger partial charge in [-0.2, -0.15) is 0 Å². The number of aromatic nitrogens is 1. The summed E-state index contributed by atoms with van der Waals surface area (Å²) in [6, 6.07) is 13.7. The monoisotopic (exact) mass is 298 g/mol. The second kappa shape index (κ2) is 6.36. The molecule has 2 atom stereocenters. The summed E-state index contributed by atoms with van der Waals surface area (Å²) in [6.07, 6.45) is 4.21. The molecule has 2 aromatic rings. The van der Waals surface area contributed by atoms with Crippen molar-refractivity contribution >= 4 is 5.91 Å². The zero-order chi connectivity index (χ0) is 15.5. The van der Waals surface area contributed by atoms with Crippen molar-refractivity contribution in [1.29, 1.82) is 0 Å². The number of carbonyl (C=O) groups is 1. The number of nitrogens with zero attached hydrogens (tertiary/aromatic N) is 1. The van der Waals surface area contributed by atoms with Gasteiger partial charge in [-0.25, -0.2) is 0 Å². The van der Waals surface area contributed by atoms with Crippen molar-refractivity contribution in [2.45, 2.75) is 44.4 Å². The van der Waals surface area contributed by atoms with Crippen molar-refractivity contribution in [2.24, 2.45) is 0 Å². The smallest absolute Gasteiger partial charge is 0.268 e. The second-order valence-corrected chi connectivity index (χ2v) is 6.07. The first-order valence-corrected chi connectivity index (χ1v) is 7.86. The summed E-state index contributed by atoms with van der Waals surface area (Å²) in [7, 11) is 0. The molecule has 1 saturated carbocycles. The number of nitrogens with one attached hydrogen (secondary N) is 1. The first kappa shape index (κ1) is 14.9. The maximum absolute atomic E-state index is 12.4. The van der Waals surface area contributed by atoms with E-state index in [9.17, 15) is 9.90 Å². The lowest BCUT2D eigenvalue weighted by molar-refractivity contribution is 0.0907. The van der Waals surface area contributed by atoms with Crippen LogP contribution >= 0.6 is 0 Å². The van der Waals surface area contributed by atoms with Gasteiger partial charge in [0.15, 0.2) is 0 Å². The first-order valence-electron chi connectivity index (χ1n) is 7.86. The topological polar surface area (TPSA) is 54.3 Å². The molecule has 1 heterocycles. The fraction of sp³-hybridized carbons (Fsp3) is 0.389. The number of carbonyl (C=O) groups excluding carboxylic acids is 1. The zero-order valence-corrected chi connectivity index (χ0v) is 12.8. The molecular weight excluding hydrogens is 276 g/mol. The van der Waals surface area contributed by atoms with Crippen LogP contribution in [0.25, 0.3) is 0 Å². The molecule has 1 aromatic carbocycles. The number of benzene rings is 1. The standard InChI is InChI=1S/C18H22N2O2/c1-13(12-17(21)14-6-3-2-4-7-14)19-18(22)16-8-5-11-20(16)15-9-10-15/h2-8,11,13,15,17,21H,9-10,12H2,1H3,(H,19,22). The van der Waals surface area contributed by atoms with Gasteiger partial charge >= 0.3 is 0 Å². The Morgan fingerprint density at radius 2 is 2.00 bits per heavy atom. The van der Waals surface area contributed by atoms with Gasteiger partial charge in [-0.15, -0.1) is 0 Å². The molecule has 22 heavy (non-hydrogen) atoms. The number of aliphatic hydroxyl groups is 1. The van der Waals surface area contributed by atoms with Gasteiger partial charge in [-0.3, -0.25) is 4.79 Å². The highest BCUT2D eigenvalue weighted by atomic mass is 16.3. The van der Waals surface area contributed by atoms with E-state index in [0.717, 1.165) is 18.4 Å². The number of aliphatic hydroxyl groups excluding tert-OH is 1. The fourth-order valence-corrected chi connectivity index (χ4v) is 2.76. The third-order valence-corrected chi connectivity index (χ3v) is 4.09. The predicted octanol–water partition coefficient (Wildman–Crippen LogP) is 3.07. The Balaban J connectivity index is 1.58. The maximum atomic E-state index is 12.4. The van der Waals surface area contributed by atoms with Gasteiger partial charge in [0.2, 0.25) is 0 Å². The van der Waals surface area contributed by atoms with Crippen molar-refractivity contribution in [2.75, 3.05) is 0 Å². The third-order valence-electron chi connectivity index (χ3n) is 4.09. The van der Waals surface area contributed by atoms with Crippen molar-refractivity contribution in [3.05, 3.63) is 59.9 Å². The van der Waals surface area contributed by atoms with Crippen LogP contribution < -0.4 is 5.32 Å². The molecule has 0 spiro atoms. The van der Waals surface area contributed by atoms with Gasteiger partial charge in [-0.05, 0) is 43.9 Å². The Hall–Kier alpha value is -2.07. The number of amides is 1. The van der Waals surface area contributed by atoms with E-state index in [2.05, 4.69) is 9.88 Å². The maximum Gasteiger partial charge on any atom is 0.268 e. The SMILES string of the molecule is CC(CC(O)c1ccccc1)NC(=O)c1cccn1C1CC1. The lowest BCUT2D eigenvalue weighted by atomic mass is 10.0. The Morgan fingerprint density at radius 1 is 1.27 bits per heavy atom. The number of hydrogen-bond donors (Lipinski definition) is 2. The molecular formula is C18H22N2O2. The largest absolute Gasteiger partial charge is 0.388 e. The fourth-order valence-electron chi connectivity index (χ4n) is 2.76. The zero-order valence-electron chi connectivity index (χ0n) is 12.8. The summed E-state index contributed by atoms with van der Waals surface area (Å²) >= 11 is 0. The number of hydrogen-bond acceptors (Lipinski definition) is 2. The van der Waals surface area contributed by atoms with Gasteiger partial charge in [0.25, 0.3) is 5.91 Å². The molecule has 3 rings (SSSR count). The van der Waals surface area contributed by atoms with Crippen LogP contribution in [0.2, 0.25) is 0 Å². The summed E-state index contributed by atoms with van der Waals surface area (Å²) in [5.74, 6) is -0.0651. The molecule has 0 aliphatic heterocycles. The predicted molar refractivity (Wildman–Crippen MR) is 85.7 cm³/mol. The van der Waals surface area contributed by atoms with Crippen LogP contribution in [0.15, 0.2) is 48.7 Å². The summed E-state index contributed by atoms with van der Waals surface area (Å²) in [5.41, 5.74) is 1.59. The van der Waals surface area contributed by atoms with Crippen molar-refractivity contribution in [1.82, 2.24) is 9.88 Å².